The van der Waals surface area contributed by atoms with Crippen LogP contribution in [0, 0.1) is 5.92 Å². The van der Waals surface area contributed by atoms with E-state index in [2.05, 4.69) is 44.9 Å². The van der Waals surface area contributed by atoms with Crippen molar-refractivity contribution < 1.29 is 9.53 Å². The standard InChI is InChI=1S/C21H30N4O2/c26-21(20-18-14-27-12-7-19(18)22-23-20)25-10-8-24(9-11-25)17-6-5-15-3-1-2-4-16(15)13-17/h1-4,17-20,22-23H,5-14H2. The van der Waals surface area contributed by atoms with Crippen LogP contribution in [-0.2, 0) is 22.4 Å². The first-order chi connectivity index (χ1) is 13.3. The Labute approximate surface area is 161 Å². The number of carbonyl (C=O) groups is 1. The highest BCUT2D eigenvalue weighted by molar-refractivity contribution is 5.82. The summed E-state index contributed by atoms with van der Waals surface area (Å²) in [6.45, 7) is 5.13. The van der Waals surface area contributed by atoms with Gasteiger partial charge in [-0.25, -0.2) is 5.43 Å². The van der Waals surface area contributed by atoms with Crippen LogP contribution in [0.3, 0.4) is 0 Å². The number of ether oxygens (including phenoxy) is 1. The number of piperazine rings is 1. The first-order valence-corrected chi connectivity index (χ1v) is 10.5. The summed E-state index contributed by atoms with van der Waals surface area (Å²) in [6, 6.07) is 9.72. The third-order valence-electron chi connectivity index (χ3n) is 6.98. The molecule has 6 nitrogen and oxygen atoms in total. The first kappa shape index (κ1) is 17.6. The van der Waals surface area contributed by atoms with E-state index in [1.807, 2.05) is 0 Å². The van der Waals surface area contributed by atoms with Gasteiger partial charge in [-0.2, -0.15) is 0 Å². The molecular weight excluding hydrogens is 340 g/mol. The SMILES string of the molecule is O=C(C1NNC2CCOCC21)N1CCN(C2CCc3ccccc3C2)CC1. The molecule has 0 bridgehead atoms. The molecule has 4 unspecified atom stereocenters. The molecule has 0 radical (unpaired) electrons. The van der Waals surface area contributed by atoms with Gasteiger partial charge in [0.2, 0.25) is 5.91 Å². The average Bonchev–Trinajstić information content (AvgIpc) is 3.17. The summed E-state index contributed by atoms with van der Waals surface area (Å²) < 4.78 is 5.62. The molecule has 1 aromatic rings. The number of nitrogens with zero attached hydrogens (tertiary/aromatic N) is 2. The van der Waals surface area contributed by atoms with Crippen molar-refractivity contribution in [2.75, 3.05) is 39.4 Å². The van der Waals surface area contributed by atoms with Gasteiger partial charge in [-0.3, -0.25) is 15.1 Å². The number of carbonyl (C=O) groups excluding carboxylic acids is 1. The van der Waals surface area contributed by atoms with E-state index in [9.17, 15) is 4.79 Å². The van der Waals surface area contributed by atoms with Gasteiger partial charge in [-0.15, -0.1) is 0 Å². The highest BCUT2D eigenvalue weighted by Crippen LogP contribution is 2.27. The number of amides is 1. The van der Waals surface area contributed by atoms with E-state index < -0.39 is 0 Å². The number of aryl methyl sites for hydroxylation is 1. The van der Waals surface area contributed by atoms with E-state index in [1.165, 1.54) is 24.0 Å². The zero-order valence-electron chi connectivity index (χ0n) is 15.9. The summed E-state index contributed by atoms with van der Waals surface area (Å²) in [5.41, 5.74) is 9.59. The second-order valence-electron chi connectivity index (χ2n) is 8.43. The molecule has 1 aromatic carbocycles. The highest BCUT2D eigenvalue weighted by atomic mass is 16.5. The molecule has 5 rings (SSSR count). The molecule has 3 fully saturated rings. The average molecular weight is 370 g/mol. The van der Waals surface area contributed by atoms with E-state index in [4.69, 9.17) is 4.74 Å². The number of rotatable bonds is 2. The van der Waals surface area contributed by atoms with E-state index in [0.717, 1.165) is 45.6 Å². The number of hydrogen-bond donors (Lipinski definition) is 2. The van der Waals surface area contributed by atoms with E-state index in [0.29, 0.717) is 18.7 Å². The summed E-state index contributed by atoms with van der Waals surface area (Å²) in [6.07, 6.45) is 4.55. The molecular formula is C21H30N4O2. The Balaban J connectivity index is 1.17. The van der Waals surface area contributed by atoms with Crippen molar-refractivity contribution in [2.24, 2.45) is 5.92 Å². The first-order valence-electron chi connectivity index (χ1n) is 10.5. The summed E-state index contributed by atoms with van der Waals surface area (Å²) in [7, 11) is 0. The van der Waals surface area contributed by atoms with Crippen LogP contribution < -0.4 is 10.9 Å². The number of hydrazine groups is 1. The summed E-state index contributed by atoms with van der Waals surface area (Å²) in [4.78, 5) is 17.7. The van der Waals surface area contributed by atoms with Crippen LogP contribution in [0.5, 0.6) is 0 Å². The molecule has 3 aliphatic heterocycles. The maximum absolute atomic E-state index is 13.1. The predicted molar refractivity (Wildman–Crippen MR) is 103 cm³/mol. The lowest BCUT2D eigenvalue weighted by Gasteiger charge is -2.42. The normalized spacial score (nSPS) is 34.1. The largest absolute Gasteiger partial charge is 0.381 e. The second kappa shape index (κ2) is 7.51. The maximum Gasteiger partial charge on any atom is 0.241 e. The van der Waals surface area contributed by atoms with Crippen LogP contribution in [0.25, 0.3) is 0 Å². The number of benzene rings is 1. The van der Waals surface area contributed by atoms with E-state index >= 15 is 0 Å². The zero-order chi connectivity index (χ0) is 18.2. The fraction of sp³-hybridized carbons (Fsp3) is 0.667. The van der Waals surface area contributed by atoms with Gasteiger partial charge in [0.1, 0.15) is 6.04 Å². The van der Waals surface area contributed by atoms with Crippen molar-refractivity contribution in [3.8, 4) is 0 Å². The Morgan fingerprint density at radius 1 is 1.04 bits per heavy atom. The molecule has 1 aliphatic carbocycles. The Morgan fingerprint density at radius 2 is 1.85 bits per heavy atom. The van der Waals surface area contributed by atoms with Gasteiger partial charge in [0, 0.05) is 50.8 Å². The van der Waals surface area contributed by atoms with Gasteiger partial charge < -0.3 is 9.64 Å². The van der Waals surface area contributed by atoms with Crippen LogP contribution in [0.2, 0.25) is 0 Å². The lowest BCUT2D eigenvalue weighted by atomic mass is 9.87. The van der Waals surface area contributed by atoms with Crippen LogP contribution in [0.4, 0.5) is 0 Å². The molecule has 27 heavy (non-hydrogen) atoms. The molecule has 0 saturated carbocycles. The third-order valence-corrected chi connectivity index (χ3v) is 6.98. The molecule has 4 atom stereocenters. The molecule has 2 N–H and O–H groups in total. The van der Waals surface area contributed by atoms with Gasteiger partial charge in [0.25, 0.3) is 0 Å². The van der Waals surface area contributed by atoms with Crippen molar-refractivity contribution in [3.05, 3.63) is 35.4 Å². The molecule has 0 aromatic heterocycles. The van der Waals surface area contributed by atoms with Crippen molar-refractivity contribution in [1.82, 2.24) is 20.7 Å². The second-order valence-corrected chi connectivity index (χ2v) is 8.43. The molecule has 0 spiro atoms. The Bertz CT molecular complexity index is 689. The van der Waals surface area contributed by atoms with Crippen molar-refractivity contribution in [3.63, 3.8) is 0 Å². The van der Waals surface area contributed by atoms with Crippen molar-refractivity contribution in [1.29, 1.82) is 0 Å². The Morgan fingerprint density at radius 3 is 2.70 bits per heavy atom. The monoisotopic (exact) mass is 370 g/mol. The van der Waals surface area contributed by atoms with Crippen LogP contribution in [-0.4, -0.2) is 73.2 Å². The molecule has 3 saturated heterocycles. The summed E-state index contributed by atoms with van der Waals surface area (Å²) in [5.74, 6) is 0.508. The Kier molecular flexibility index (Phi) is 4.90. The minimum absolute atomic E-state index is 0.136. The molecule has 146 valence electrons. The lowest BCUT2D eigenvalue weighted by molar-refractivity contribution is -0.137. The topological polar surface area (TPSA) is 56.8 Å². The molecule has 4 aliphatic rings. The van der Waals surface area contributed by atoms with Crippen molar-refractivity contribution in [2.45, 2.75) is 43.8 Å². The summed E-state index contributed by atoms with van der Waals surface area (Å²) in [5, 5.41) is 0. The number of hydrogen-bond acceptors (Lipinski definition) is 5. The Hall–Kier alpha value is -1.47. The molecule has 6 heteroatoms. The van der Waals surface area contributed by atoms with Crippen LogP contribution in [0.1, 0.15) is 24.0 Å². The fourth-order valence-corrected chi connectivity index (χ4v) is 5.31. The third kappa shape index (κ3) is 3.40. The smallest absolute Gasteiger partial charge is 0.241 e. The predicted octanol–water partition coefficient (Wildman–Crippen LogP) is 0.570. The van der Waals surface area contributed by atoms with Gasteiger partial charge in [-0.05, 0) is 36.8 Å². The molecule has 3 heterocycles. The molecule has 1 amide bonds. The number of nitrogens with one attached hydrogen (secondary N) is 2. The lowest BCUT2D eigenvalue weighted by Crippen LogP contribution is -2.57. The minimum Gasteiger partial charge on any atom is -0.381 e. The summed E-state index contributed by atoms with van der Waals surface area (Å²) >= 11 is 0. The number of fused-ring (bicyclic) bond motifs is 2. The highest BCUT2D eigenvalue weighted by Gasteiger charge is 2.43. The quantitative estimate of drug-likeness (QED) is 0.797. The van der Waals surface area contributed by atoms with Gasteiger partial charge >= 0.3 is 0 Å². The van der Waals surface area contributed by atoms with Gasteiger partial charge in [0.15, 0.2) is 0 Å². The van der Waals surface area contributed by atoms with Gasteiger partial charge in [-0.1, -0.05) is 24.3 Å². The van der Waals surface area contributed by atoms with Crippen LogP contribution >= 0.6 is 0 Å². The van der Waals surface area contributed by atoms with Gasteiger partial charge in [0.05, 0.1) is 6.61 Å². The zero-order valence-corrected chi connectivity index (χ0v) is 15.9. The van der Waals surface area contributed by atoms with Crippen LogP contribution in [0.15, 0.2) is 24.3 Å². The van der Waals surface area contributed by atoms with E-state index in [-0.39, 0.29) is 17.9 Å². The maximum atomic E-state index is 13.1. The minimum atomic E-state index is -0.136. The van der Waals surface area contributed by atoms with Crippen molar-refractivity contribution >= 4 is 5.91 Å². The van der Waals surface area contributed by atoms with E-state index in [1.54, 1.807) is 0 Å². The fourth-order valence-electron chi connectivity index (χ4n) is 5.31.